The average molecular weight is 456 g/mol. The molecular formula is C27H38FN3O2. The van der Waals surface area contributed by atoms with Gasteiger partial charge in [0.25, 0.3) is 0 Å². The van der Waals surface area contributed by atoms with Gasteiger partial charge in [-0.3, -0.25) is 10.0 Å². The maximum Gasteiger partial charge on any atom is 0.243 e. The zero-order valence-electron chi connectivity index (χ0n) is 20.1. The zero-order valence-corrected chi connectivity index (χ0v) is 20.1. The van der Waals surface area contributed by atoms with Gasteiger partial charge < -0.3 is 9.88 Å². The summed E-state index contributed by atoms with van der Waals surface area (Å²) in [6, 6.07) is 8.64. The Morgan fingerprint density at radius 3 is 2.82 bits per heavy atom. The van der Waals surface area contributed by atoms with E-state index in [0.29, 0.717) is 24.2 Å². The number of hydrogen-bond donors (Lipinski definition) is 3. The van der Waals surface area contributed by atoms with Gasteiger partial charge in [-0.15, -0.1) is 0 Å². The number of amides is 1. The van der Waals surface area contributed by atoms with Crippen LogP contribution in [-0.4, -0.2) is 47.3 Å². The Balaban J connectivity index is 1.66. The van der Waals surface area contributed by atoms with E-state index in [2.05, 4.69) is 61.0 Å². The molecule has 0 bridgehead atoms. The fourth-order valence-electron chi connectivity index (χ4n) is 4.96. The van der Waals surface area contributed by atoms with Gasteiger partial charge in [-0.1, -0.05) is 57.2 Å². The first kappa shape index (κ1) is 25.2. The van der Waals surface area contributed by atoms with Crippen LogP contribution in [0.4, 0.5) is 4.39 Å². The van der Waals surface area contributed by atoms with Crippen molar-refractivity contribution in [3.8, 4) is 0 Å². The minimum Gasteiger partial charge on any atom is -0.358 e. The second-order valence-corrected chi connectivity index (χ2v) is 9.56. The van der Waals surface area contributed by atoms with Crippen molar-refractivity contribution < 1.29 is 14.4 Å². The van der Waals surface area contributed by atoms with Crippen LogP contribution in [0.5, 0.6) is 0 Å². The molecule has 2 heterocycles. The summed E-state index contributed by atoms with van der Waals surface area (Å²) in [5, 5.41) is 10.0. The van der Waals surface area contributed by atoms with Crippen molar-refractivity contribution in [2.75, 3.05) is 26.3 Å². The maximum absolute atomic E-state index is 12.9. The number of allylic oxidation sites excluding steroid dienone is 3. The number of halogens is 1. The minimum atomic E-state index is -0.564. The van der Waals surface area contributed by atoms with E-state index in [4.69, 9.17) is 5.21 Å². The van der Waals surface area contributed by atoms with E-state index in [-0.39, 0.29) is 6.42 Å². The fourth-order valence-corrected chi connectivity index (χ4v) is 4.96. The van der Waals surface area contributed by atoms with Crippen LogP contribution in [0.2, 0.25) is 0 Å². The van der Waals surface area contributed by atoms with Crippen LogP contribution >= 0.6 is 0 Å². The average Bonchev–Trinajstić information content (AvgIpc) is 3.21. The number of hydroxylamine groups is 1. The Morgan fingerprint density at radius 1 is 1.30 bits per heavy atom. The molecule has 0 aliphatic carbocycles. The lowest BCUT2D eigenvalue weighted by Crippen LogP contribution is -2.37. The highest BCUT2D eigenvalue weighted by molar-refractivity contribution is 5.85. The Kier molecular flexibility index (Phi) is 9.27. The highest BCUT2D eigenvalue weighted by atomic mass is 19.1. The van der Waals surface area contributed by atoms with Crippen molar-refractivity contribution in [3.05, 3.63) is 59.3 Å². The molecule has 3 rings (SSSR count). The lowest BCUT2D eigenvalue weighted by molar-refractivity contribution is -0.129. The van der Waals surface area contributed by atoms with Gasteiger partial charge in [-0.05, 0) is 60.8 Å². The van der Waals surface area contributed by atoms with Crippen molar-refractivity contribution >= 4 is 16.8 Å². The lowest BCUT2D eigenvalue weighted by Gasteiger charge is -2.34. The molecule has 1 aliphatic heterocycles. The number of para-hydroxylation sites is 1. The molecule has 1 fully saturated rings. The number of piperidine rings is 1. The molecule has 1 aliphatic rings. The van der Waals surface area contributed by atoms with Gasteiger partial charge in [0.2, 0.25) is 5.91 Å². The molecule has 5 nitrogen and oxygen atoms in total. The van der Waals surface area contributed by atoms with Crippen LogP contribution in [-0.2, 0) is 4.79 Å². The van der Waals surface area contributed by atoms with Gasteiger partial charge in [0, 0.05) is 36.1 Å². The molecule has 1 saturated heterocycles. The summed E-state index contributed by atoms with van der Waals surface area (Å²) < 4.78 is 12.9. The molecule has 6 heteroatoms. The summed E-state index contributed by atoms with van der Waals surface area (Å²) in [6.07, 6.45) is 8.46. The number of benzene rings is 1. The number of nitrogens with one attached hydrogen (secondary N) is 2. The third-order valence-corrected chi connectivity index (χ3v) is 6.56. The number of carbonyl (C=O) groups is 1. The number of alkyl halides is 1. The van der Waals surface area contributed by atoms with Crippen molar-refractivity contribution in [3.63, 3.8) is 0 Å². The van der Waals surface area contributed by atoms with Gasteiger partial charge >= 0.3 is 0 Å². The number of aromatic nitrogens is 1. The topological polar surface area (TPSA) is 68.4 Å². The van der Waals surface area contributed by atoms with Crippen LogP contribution in [0.25, 0.3) is 10.9 Å². The van der Waals surface area contributed by atoms with Crippen LogP contribution in [0.1, 0.15) is 69.5 Å². The number of fused-ring (bicyclic) bond motifs is 1. The third kappa shape index (κ3) is 6.78. The molecule has 2 aromatic rings. The number of nitrogens with zero attached hydrogens (tertiary/aromatic N) is 1. The van der Waals surface area contributed by atoms with Crippen LogP contribution in [0.15, 0.2) is 48.1 Å². The summed E-state index contributed by atoms with van der Waals surface area (Å²) >= 11 is 0. The van der Waals surface area contributed by atoms with E-state index < -0.39 is 12.6 Å². The molecule has 33 heavy (non-hydrogen) atoms. The maximum atomic E-state index is 12.9. The highest BCUT2D eigenvalue weighted by Crippen LogP contribution is 2.37. The summed E-state index contributed by atoms with van der Waals surface area (Å²) in [4.78, 5) is 17.5. The predicted molar refractivity (Wildman–Crippen MR) is 132 cm³/mol. The first-order valence-electron chi connectivity index (χ1n) is 12.1. The molecule has 0 saturated carbocycles. The minimum absolute atomic E-state index is 0.137. The smallest absolute Gasteiger partial charge is 0.243 e. The van der Waals surface area contributed by atoms with E-state index in [1.807, 2.05) is 6.08 Å². The lowest BCUT2D eigenvalue weighted by atomic mass is 9.86. The molecule has 1 aromatic carbocycles. The Bertz CT molecular complexity index is 979. The van der Waals surface area contributed by atoms with E-state index in [9.17, 15) is 9.18 Å². The number of aromatic amines is 1. The van der Waals surface area contributed by atoms with Gasteiger partial charge in [0.15, 0.2) is 0 Å². The Morgan fingerprint density at radius 2 is 2.09 bits per heavy atom. The van der Waals surface area contributed by atoms with Crippen LogP contribution < -0.4 is 5.48 Å². The second-order valence-electron chi connectivity index (χ2n) is 9.56. The molecule has 2 unspecified atom stereocenters. The van der Waals surface area contributed by atoms with Crippen molar-refractivity contribution in [2.45, 2.75) is 58.3 Å². The fraction of sp³-hybridized carbons (Fsp3) is 0.519. The van der Waals surface area contributed by atoms with Gasteiger partial charge in [-0.25, -0.2) is 9.87 Å². The summed E-state index contributed by atoms with van der Waals surface area (Å²) in [7, 11) is 0. The monoisotopic (exact) mass is 455 g/mol. The molecule has 2 atom stereocenters. The number of hydrogen-bond acceptors (Lipinski definition) is 3. The van der Waals surface area contributed by atoms with Gasteiger partial charge in [0.1, 0.15) is 6.67 Å². The SMILES string of the molecule is CC(/C=C\C(=C/CF)CCC(=O)NO)CN1CCCC(c2c(C(C)C)[nH]c3ccccc23)C1. The first-order chi connectivity index (χ1) is 15.9. The highest BCUT2D eigenvalue weighted by Gasteiger charge is 2.27. The number of H-pyrrole nitrogens is 1. The van der Waals surface area contributed by atoms with Crippen molar-refractivity contribution in [2.24, 2.45) is 5.92 Å². The number of rotatable bonds is 10. The molecule has 0 radical (unpaired) electrons. The first-order valence-corrected chi connectivity index (χ1v) is 12.1. The molecule has 180 valence electrons. The summed E-state index contributed by atoms with van der Waals surface area (Å²) in [5.74, 6) is 0.824. The second kappa shape index (κ2) is 12.1. The number of carbonyl (C=O) groups excluding carboxylic acids is 1. The number of likely N-dealkylation sites (tertiary alicyclic amines) is 1. The van der Waals surface area contributed by atoms with E-state index in [1.165, 1.54) is 41.1 Å². The molecule has 3 N–H and O–H groups in total. The van der Waals surface area contributed by atoms with Crippen LogP contribution in [0, 0.1) is 5.92 Å². The van der Waals surface area contributed by atoms with E-state index >= 15 is 0 Å². The summed E-state index contributed by atoms with van der Waals surface area (Å²) in [5.41, 5.74) is 6.49. The van der Waals surface area contributed by atoms with Crippen molar-refractivity contribution in [1.29, 1.82) is 0 Å². The standard InChI is InChI=1S/C27H38FN3O2/c1-19(2)27-26(23-8-4-5-9-24(23)29-27)22-7-6-16-31(18-22)17-20(3)10-11-21(14-15-28)12-13-25(32)30-33/h4-5,8-11,14,19-20,22,29,33H,6-7,12-13,15-18H2,1-3H3,(H,30,32)/b11-10-,21-14+. The Labute approximate surface area is 196 Å². The van der Waals surface area contributed by atoms with E-state index in [0.717, 1.165) is 25.2 Å². The zero-order chi connectivity index (χ0) is 23.8. The molecular weight excluding hydrogens is 417 g/mol. The largest absolute Gasteiger partial charge is 0.358 e. The molecule has 1 amide bonds. The third-order valence-electron chi connectivity index (χ3n) is 6.56. The van der Waals surface area contributed by atoms with Crippen LogP contribution in [0.3, 0.4) is 0 Å². The predicted octanol–water partition coefficient (Wildman–Crippen LogP) is 5.84. The molecule has 0 spiro atoms. The Hall–Kier alpha value is -2.44. The quantitative estimate of drug-likeness (QED) is 0.239. The molecule has 1 aromatic heterocycles. The van der Waals surface area contributed by atoms with E-state index in [1.54, 1.807) is 5.48 Å². The van der Waals surface area contributed by atoms with Gasteiger partial charge in [-0.2, -0.15) is 0 Å². The normalized spacial score (nSPS) is 19.0. The van der Waals surface area contributed by atoms with Crippen molar-refractivity contribution in [1.82, 2.24) is 15.4 Å². The summed E-state index contributed by atoms with van der Waals surface area (Å²) in [6.45, 7) is 9.22. The van der Waals surface area contributed by atoms with Gasteiger partial charge in [0.05, 0.1) is 0 Å².